The van der Waals surface area contributed by atoms with Crippen molar-refractivity contribution in [1.82, 2.24) is 9.78 Å². The van der Waals surface area contributed by atoms with Gasteiger partial charge in [-0.15, -0.1) is 0 Å². The van der Waals surface area contributed by atoms with E-state index in [1.54, 1.807) is 6.07 Å². The standard InChI is InChI=1S/C13H10ClN5O3/c14-12-5-10(2-1-9(12)6-15)17-13(20)3-4-18-8-11(7-16-18)19(21)22/h1-2,5,7-8H,3-4H2,(H,17,20). The average Bonchev–Trinajstić information content (AvgIpc) is 2.94. The number of hydrogen-bond acceptors (Lipinski definition) is 5. The SMILES string of the molecule is N#Cc1ccc(NC(=O)CCn2cc([N+](=O)[O-])cn2)cc1Cl. The molecule has 1 heterocycles. The Morgan fingerprint density at radius 1 is 1.55 bits per heavy atom. The number of benzene rings is 1. The maximum atomic E-state index is 11.8. The molecule has 0 aliphatic rings. The molecule has 0 spiro atoms. The van der Waals surface area contributed by atoms with Crippen molar-refractivity contribution in [3.63, 3.8) is 0 Å². The van der Waals surface area contributed by atoms with Gasteiger partial charge in [-0.2, -0.15) is 10.4 Å². The first-order chi connectivity index (χ1) is 10.5. The van der Waals surface area contributed by atoms with Gasteiger partial charge in [0.1, 0.15) is 18.5 Å². The molecule has 1 aromatic heterocycles. The summed E-state index contributed by atoms with van der Waals surface area (Å²) in [5.41, 5.74) is 0.670. The Labute approximate surface area is 130 Å². The molecule has 112 valence electrons. The van der Waals surface area contributed by atoms with Gasteiger partial charge in [0.15, 0.2) is 0 Å². The number of nitrogens with one attached hydrogen (secondary N) is 1. The number of halogens is 1. The molecule has 0 aliphatic carbocycles. The molecule has 9 heteroatoms. The van der Waals surface area contributed by atoms with Gasteiger partial charge in [-0.25, -0.2) is 0 Å². The monoisotopic (exact) mass is 319 g/mol. The quantitative estimate of drug-likeness (QED) is 0.671. The minimum absolute atomic E-state index is 0.0937. The smallest absolute Gasteiger partial charge is 0.306 e. The van der Waals surface area contributed by atoms with E-state index in [-0.39, 0.29) is 29.6 Å². The summed E-state index contributed by atoms with van der Waals surface area (Å²) in [5, 5.41) is 25.9. The van der Waals surface area contributed by atoms with Crippen molar-refractivity contribution >= 4 is 28.9 Å². The Hall–Kier alpha value is -2.92. The Morgan fingerprint density at radius 2 is 2.32 bits per heavy atom. The predicted octanol–water partition coefficient (Wildman–Crippen LogP) is 2.35. The fourth-order valence-electron chi connectivity index (χ4n) is 1.69. The third kappa shape index (κ3) is 3.80. The topological polar surface area (TPSA) is 114 Å². The van der Waals surface area contributed by atoms with Crippen LogP contribution in [0.1, 0.15) is 12.0 Å². The third-order valence-corrected chi connectivity index (χ3v) is 3.08. The lowest BCUT2D eigenvalue weighted by molar-refractivity contribution is -0.385. The van der Waals surface area contributed by atoms with E-state index in [0.717, 1.165) is 6.20 Å². The van der Waals surface area contributed by atoms with Crippen molar-refractivity contribution in [3.8, 4) is 6.07 Å². The van der Waals surface area contributed by atoms with Crippen LogP contribution < -0.4 is 5.32 Å². The summed E-state index contributed by atoms with van der Waals surface area (Å²) in [6, 6.07) is 6.48. The van der Waals surface area contributed by atoms with Gasteiger partial charge in [0, 0.05) is 18.7 Å². The molecule has 0 radical (unpaired) electrons. The van der Waals surface area contributed by atoms with Crippen LogP contribution in [0.4, 0.5) is 11.4 Å². The van der Waals surface area contributed by atoms with Crippen molar-refractivity contribution in [1.29, 1.82) is 5.26 Å². The second kappa shape index (κ2) is 6.69. The van der Waals surface area contributed by atoms with Gasteiger partial charge in [-0.3, -0.25) is 19.6 Å². The van der Waals surface area contributed by atoms with Gasteiger partial charge in [0.25, 0.3) is 0 Å². The third-order valence-electron chi connectivity index (χ3n) is 2.77. The van der Waals surface area contributed by atoms with Crippen LogP contribution in [0.5, 0.6) is 0 Å². The number of rotatable bonds is 5. The van der Waals surface area contributed by atoms with Crippen LogP contribution in [0.25, 0.3) is 0 Å². The second-order valence-electron chi connectivity index (χ2n) is 4.32. The molecule has 22 heavy (non-hydrogen) atoms. The van der Waals surface area contributed by atoms with E-state index >= 15 is 0 Å². The molecule has 0 atom stereocenters. The van der Waals surface area contributed by atoms with Gasteiger partial charge >= 0.3 is 5.69 Å². The number of aromatic nitrogens is 2. The molecule has 1 aromatic carbocycles. The Bertz CT molecular complexity index is 765. The minimum atomic E-state index is -0.553. The number of aryl methyl sites for hydroxylation is 1. The average molecular weight is 320 g/mol. The maximum absolute atomic E-state index is 11.8. The molecular formula is C13H10ClN5O3. The zero-order valence-corrected chi connectivity index (χ0v) is 11.9. The van der Waals surface area contributed by atoms with E-state index < -0.39 is 4.92 Å². The first-order valence-electron chi connectivity index (χ1n) is 6.16. The van der Waals surface area contributed by atoms with E-state index in [1.165, 1.54) is 23.0 Å². The fraction of sp³-hybridized carbons (Fsp3) is 0.154. The lowest BCUT2D eigenvalue weighted by atomic mass is 10.2. The molecule has 0 fully saturated rings. The van der Waals surface area contributed by atoms with Crippen LogP contribution in [0.15, 0.2) is 30.6 Å². The highest BCUT2D eigenvalue weighted by molar-refractivity contribution is 6.32. The number of anilines is 1. The largest absolute Gasteiger partial charge is 0.326 e. The fourth-order valence-corrected chi connectivity index (χ4v) is 1.92. The number of nitrogens with zero attached hydrogens (tertiary/aromatic N) is 4. The van der Waals surface area contributed by atoms with Gasteiger partial charge in [0.2, 0.25) is 5.91 Å². The normalized spacial score (nSPS) is 10.0. The number of nitriles is 1. The van der Waals surface area contributed by atoms with Gasteiger partial charge in [-0.1, -0.05) is 11.6 Å². The van der Waals surface area contributed by atoms with Gasteiger partial charge in [-0.05, 0) is 18.2 Å². The summed E-state index contributed by atoms with van der Waals surface area (Å²) < 4.78 is 1.32. The number of carbonyl (C=O) groups excluding carboxylic acids is 1. The molecule has 0 bridgehead atoms. The van der Waals surface area contributed by atoms with Crippen LogP contribution in [0, 0.1) is 21.4 Å². The number of hydrogen-bond donors (Lipinski definition) is 1. The first kappa shape index (κ1) is 15.5. The molecule has 0 saturated carbocycles. The lowest BCUT2D eigenvalue weighted by Crippen LogP contribution is -2.14. The summed E-state index contributed by atoms with van der Waals surface area (Å²) in [6.45, 7) is 0.212. The van der Waals surface area contributed by atoms with E-state index in [0.29, 0.717) is 11.3 Å². The Morgan fingerprint density at radius 3 is 2.91 bits per heavy atom. The number of nitro groups is 1. The summed E-state index contributed by atoms with van der Waals surface area (Å²) >= 11 is 5.87. The molecular weight excluding hydrogens is 310 g/mol. The van der Waals surface area contributed by atoms with Gasteiger partial charge in [0.05, 0.1) is 15.5 Å². The van der Waals surface area contributed by atoms with Crippen LogP contribution in [0.2, 0.25) is 5.02 Å². The van der Waals surface area contributed by atoms with Crippen molar-refractivity contribution in [2.24, 2.45) is 0 Å². The zero-order chi connectivity index (χ0) is 16.1. The summed E-state index contributed by atoms with van der Waals surface area (Å²) in [7, 11) is 0. The van der Waals surface area contributed by atoms with E-state index in [1.807, 2.05) is 6.07 Å². The van der Waals surface area contributed by atoms with Crippen molar-refractivity contribution < 1.29 is 9.72 Å². The van der Waals surface area contributed by atoms with Crippen LogP contribution in [0.3, 0.4) is 0 Å². The van der Waals surface area contributed by atoms with Crippen molar-refractivity contribution in [2.45, 2.75) is 13.0 Å². The van der Waals surface area contributed by atoms with Crippen molar-refractivity contribution in [2.75, 3.05) is 5.32 Å². The number of carbonyl (C=O) groups is 1. The molecule has 0 aliphatic heterocycles. The van der Waals surface area contributed by atoms with E-state index in [2.05, 4.69) is 10.4 Å². The molecule has 1 amide bonds. The number of amides is 1. The summed E-state index contributed by atoms with van der Waals surface area (Å²) in [6.07, 6.45) is 2.47. The molecule has 8 nitrogen and oxygen atoms in total. The van der Waals surface area contributed by atoms with Crippen LogP contribution in [-0.4, -0.2) is 20.6 Å². The Kier molecular flexibility index (Phi) is 4.70. The molecule has 2 aromatic rings. The van der Waals surface area contributed by atoms with Crippen LogP contribution in [-0.2, 0) is 11.3 Å². The van der Waals surface area contributed by atoms with Crippen molar-refractivity contribution in [3.05, 3.63) is 51.3 Å². The lowest BCUT2D eigenvalue weighted by Gasteiger charge is -2.06. The highest BCUT2D eigenvalue weighted by atomic mass is 35.5. The summed E-state index contributed by atoms with van der Waals surface area (Å²) in [4.78, 5) is 21.8. The van der Waals surface area contributed by atoms with E-state index in [9.17, 15) is 14.9 Å². The second-order valence-corrected chi connectivity index (χ2v) is 4.73. The molecule has 0 saturated heterocycles. The first-order valence-corrected chi connectivity index (χ1v) is 6.53. The highest BCUT2D eigenvalue weighted by Gasteiger charge is 2.10. The predicted molar refractivity (Wildman–Crippen MR) is 78.3 cm³/mol. The Balaban J connectivity index is 1.91. The molecule has 1 N–H and O–H groups in total. The highest BCUT2D eigenvalue weighted by Crippen LogP contribution is 2.20. The molecule has 2 rings (SSSR count). The minimum Gasteiger partial charge on any atom is -0.326 e. The van der Waals surface area contributed by atoms with Crippen LogP contribution >= 0.6 is 11.6 Å². The maximum Gasteiger partial charge on any atom is 0.306 e. The van der Waals surface area contributed by atoms with Gasteiger partial charge < -0.3 is 5.32 Å². The van der Waals surface area contributed by atoms with E-state index in [4.69, 9.17) is 16.9 Å². The zero-order valence-electron chi connectivity index (χ0n) is 11.2. The summed E-state index contributed by atoms with van der Waals surface area (Å²) in [5.74, 6) is -0.293. The molecule has 0 unspecified atom stereocenters.